The van der Waals surface area contributed by atoms with Crippen LogP contribution in [0, 0.1) is 0 Å². The second kappa shape index (κ2) is 12.6. The average Bonchev–Trinajstić information content (AvgIpc) is 3.24. The van der Waals surface area contributed by atoms with Crippen LogP contribution in [0.4, 0.5) is 0 Å². The van der Waals surface area contributed by atoms with Gasteiger partial charge in [0.1, 0.15) is 0 Å². The number of unbranched alkanes of at least 4 members (excludes halogenated alkanes) is 7. The number of hydrogen-bond donors (Lipinski definition) is 0. The van der Waals surface area contributed by atoms with Crippen LogP contribution >= 0.6 is 45.2 Å². The average molecular weight is 586 g/mol. The van der Waals surface area contributed by atoms with Gasteiger partial charge in [-0.05, 0) is 12.8 Å². The number of alkyl halides is 2. The van der Waals surface area contributed by atoms with Crippen molar-refractivity contribution in [3.63, 3.8) is 0 Å². The van der Waals surface area contributed by atoms with E-state index >= 15 is 0 Å². The summed E-state index contributed by atoms with van der Waals surface area (Å²) < 4.78 is 1.31. The maximum atomic E-state index is 2.59. The molecule has 0 bridgehead atoms. The van der Waals surface area contributed by atoms with Crippen LogP contribution in [0.25, 0.3) is 0 Å². The van der Waals surface area contributed by atoms with E-state index in [4.69, 9.17) is 0 Å². The Morgan fingerprint density at radius 1 is 0.615 bits per heavy atom. The Balaban J connectivity index is 1.35. The summed E-state index contributed by atoms with van der Waals surface area (Å²) in [6.45, 7) is 2.10. The fourth-order valence-corrected chi connectivity index (χ4v) is 5.09. The van der Waals surface area contributed by atoms with Gasteiger partial charge in [0.15, 0.2) is 0 Å². The maximum Gasteiger partial charge on any atom is 0.0900 e. The molecule has 0 saturated heterocycles. The lowest BCUT2D eigenvalue weighted by Crippen LogP contribution is -2.28. The van der Waals surface area contributed by atoms with Crippen molar-refractivity contribution in [3.05, 3.63) is 24.8 Å². The topological polar surface area (TPSA) is 13.0 Å². The van der Waals surface area contributed by atoms with Crippen LogP contribution in [-0.2, 0) is 0 Å². The van der Waals surface area contributed by atoms with Crippen molar-refractivity contribution in [3.8, 4) is 0 Å². The lowest BCUT2D eigenvalue weighted by molar-refractivity contribution is 0.280. The number of halogens is 2. The zero-order chi connectivity index (χ0) is 18.8. The first-order valence-corrected chi connectivity index (χ1v) is 12.6. The largest absolute Gasteiger partial charge is 0.362 e. The van der Waals surface area contributed by atoms with Gasteiger partial charge in [0.2, 0.25) is 0 Å². The second-order valence-electron chi connectivity index (χ2n) is 7.70. The van der Waals surface area contributed by atoms with Crippen molar-refractivity contribution in [2.24, 2.45) is 0 Å². The van der Waals surface area contributed by atoms with E-state index < -0.39 is 0 Å². The molecular weight excluding hydrogens is 550 g/mol. The molecule has 0 saturated carbocycles. The van der Waals surface area contributed by atoms with Crippen LogP contribution in [-0.4, -0.2) is 55.1 Å². The molecule has 2 unspecified atom stereocenters. The van der Waals surface area contributed by atoms with Gasteiger partial charge in [-0.25, -0.2) is 0 Å². The summed E-state index contributed by atoms with van der Waals surface area (Å²) in [5.74, 6) is 0. The predicted molar refractivity (Wildman–Crippen MR) is 129 cm³/mol. The van der Waals surface area contributed by atoms with Crippen LogP contribution < -0.4 is 0 Å². The minimum Gasteiger partial charge on any atom is -0.362 e. The molecule has 0 N–H and O–H groups in total. The molecule has 150 valence electrons. The van der Waals surface area contributed by atoms with Gasteiger partial charge in [-0.2, -0.15) is 0 Å². The Morgan fingerprint density at radius 3 is 1.27 bits per heavy atom. The first-order chi connectivity index (χ1) is 12.6. The molecule has 26 heavy (non-hydrogen) atoms. The smallest absolute Gasteiger partial charge is 0.0900 e. The molecule has 0 aromatic carbocycles. The van der Waals surface area contributed by atoms with E-state index in [9.17, 15) is 0 Å². The molecule has 6 heteroatoms. The van der Waals surface area contributed by atoms with Crippen LogP contribution in [0.1, 0.15) is 64.2 Å². The van der Waals surface area contributed by atoms with E-state index in [1.807, 2.05) is 0 Å². The summed E-state index contributed by atoms with van der Waals surface area (Å²) in [5, 5.41) is 0. The van der Waals surface area contributed by atoms with E-state index in [2.05, 4.69) is 104 Å². The van der Waals surface area contributed by atoms with Crippen molar-refractivity contribution < 1.29 is 0 Å². The predicted octanol–water partition coefficient (Wildman–Crippen LogP) is 5.76. The second-order valence-corrected chi connectivity index (χ2v) is 10.6. The summed E-state index contributed by atoms with van der Waals surface area (Å²) in [7, 11) is 4.28. The molecule has 2 atom stereocenters. The Morgan fingerprint density at radius 2 is 0.962 bits per heavy atom. The van der Waals surface area contributed by atoms with Crippen molar-refractivity contribution in [1.29, 1.82) is 0 Å². The van der Waals surface area contributed by atoms with E-state index in [-0.39, 0.29) is 0 Å². The monoisotopic (exact) mass is 586 g/mol. The van der Waals surface area contributed by atoms with Gasteiger partial charge in [0, 0.05) is 38.9 Å². The minimum absolute atomic E-state index is 0.653. The molecule has 2 aliphatic heterocycles. The molecule has 0 aliphatic carbocycles. The number of hydrogen-bond acceptors (Lipinski definition) is 4. The molecule has 0 radical (unpaired) electrons. The molecule has 0 aromatic heterocycles. The van der Waals surface area contributed by atoms with Gasteiger partial charge in [-0.15, -0.1) is 0 Å². The van der Waals surface area contributed by atoms with Crippen LogP contribution in [0.15, 0.2) is 24.8 Å². The van der Waals surface area contributed by atoms with E-state index in [0.29, 0.717) is 8.10 Å². The summed E-state index contributed by atoms with van der Waals surface area (Å²) in [6.07, 6.45) is 22.7. The highest BCUT2D eigenvalue weighted by molar-refractivity contribution is 14.1. The normalized spacial score (nSPS) is 19.1. The minimum atomic E-state index is 0.653. The molecule has 2 aliphatic rings. The van der Waals surface area contributed by atoms with Crippen molar-refractivity contribution in [1.82, 2.24) is 19.6 Å². The summed E-state index contributed by atoms with van der Waals surface area (Å²) in [4.78, 5) is 9.37. The van der Waals surface area contributed by atoms with Gasteiger partial charge in [-0.3, -0.25) is 0 Å². The Hall–Kier alpha value is 0.140. The van der Waals surface area contributed by atoms with Crippen LogP contribution in [0.5, 0.6) is 0 Å². The van der Waals surface area contributed by atoms with Crippen molar-refractivity contribution in [2.45, 2.75) is 72.3 Å². The molecule has 0 spiro atoms. The summed E-state index contributed by atoms with van der Waals surface area (Å²) in [6, 6.07) is 0. The van der Waals surface area contributed by atoms with E-state index in [0.717, 1.165) is 13.3 Å². The molecule has 2 rings (SSSR count). The lowest BCUT2D eigenvalue weighted by atomic mass is 10.1. The van der Waals surface area contributed by atoms with Gasteiger partial charge >= 0.3 is 0 Å². The van der Waals surface area contributed by atoms with Crippen LogP contribution in [0.3, 0.4) is 0 Å². The fourth-order valence-electron chi connectivity index (χ4n) is 3.48. The zero-order valence-corrected chi connectivity index (χ0v) is 20.8. The third-order valence-electron chi connectivity index (χ3n) is 5.15. The van der Waals surface area contributed by atoms with Crippen molar-refractivity contribution >= 4 is 45.2 Å². The molecule has 4 nitrogen and oxygen atoms in total. The lowest BCUT2D eigenvalue weighted by Gasteiger charge is -2.24. The molecule has 2 heterocycles. The summed E-state index contributed by atoms with van der Waals surface area (Å²) >= 11 is 5.19. The summed E-state index contributed by atoms with van der Waals surface area (Å²) in [5.41, 5.74) is 0. The fraction of sp³-hybridized carbons (Fsp3) is 0.800. The number of nitrogens with zero attached hydrogens (tertiary/aromatic N) is 4. The van der Waals surface area contributed by atoms with E-state index in [1.165, 1.54) is 64.2 Å². The first-order valence-electron chi connectivity index (χ1n) is 10.1. The molecular formula is C20H36I2N4. The van der Waals surface area contributed by atoms with Crippen molar-refractivity contribution in [2.75, 3.05) is 27.4 Å². The molecule has 0 amide bonds. The first kappa shape index (κ1) is 22.4. The zero-order valence-electron chi connectivity index (χ0n) is 16.5. The standard InChI is InChI=1S/C20H36I2N4/c1-23-13-15-25(17-23)19(21)11-9-7-5-3-4-6-8-10-12-20(22)26-16-14-24(2)18-26/h13-16,19-20H,3-12,17-18H2,1-2H3. The Labute approximate surface area is 188 Å². The quantitative estimate of drug-likeness (QED) is 0.118. The van der Waals surface area contributed by atoms with Crippen LogP contribution in [0.2, 0.25) is 0 Å². The van der Waals surface area contributed by atoms with Gasteiger partial charge in [0.25, 0.3) is 0 Å². The highest BCUT2D eigenvalue weighted by Gasteiger charge is 2.16. The molecule has 0 fully saturated rings. The third kappa shape index (κ3) is 8.44. The van der Waals surface area contributed by atoms with Gasteiger partial charge in [-0.1, -0.05) is 96.5 Å². The van der Waals surface area contributed by atoms with E-state index in [1.54, 1.807) is 0 Å². The van der Waals surface area contributed by atoms with Gasteiger partial charge in [0.05, 0.1) is 21.4 Å². The highest BCUT2D eigenvalue weighted by Crippen LogP contribution is 2.22. The Kier molecular flexibility index (Phi) is 10.8. The third-order valence-corrected chi connectivity index (χ3v) is 7.83. The molecule has 0 aromatic rings. The number of rotatable bonds is 13. The van der Waals surface area contributed by atoms with Gasteiger partial charge < -0.3 is 19.6 Å². The highest BCUT2D eigenvalue weighted by atomic mass is 127. The maximum absolute atomic E-state index is 2.59. The Bertz CT molecular complexity index is 404. The SMILES string of the molecule is CN1C=CN(C(I)CCCCCCCCCCC(I)N2C=CN(C)C2)C1.